The summed E-state index contributed by atoms with van der Waals surface area (Å²) in [4.78, 5) is 12.5. The van der Waals surface area contributed by atoms with Gasteiger partial charge in [-0.3, -0.25) is 4.79 Å². The lowest BCUT2D eigenvalue weighted by molar-refractivity contribution is -0.129. The number of nitrogens with one attached hydrogen (secondary N) is 1. The highest BCUT2D eigenvalue weighted by Gasteiger charge is 2.45. The van der Waals surface area contributed by atoms with Crippen LogP contribution in [0.2, 0.25) is 0 Å². The van der Waals surface area contributed by atoms with Gasteiger partial charge in [-0.1, -0.05) is 19.0 Å². The minimum absolute atomic E-state index is 0.0147. The van der Waals surface area contributed by atoms with Crippen molar-refractivity contribution in [3.63, 3.8) is 0 Å². The second-order valence-corrected chi connectivity index (χ2v) is 5.46. The molecule has 19 heavy (non-hydrogen) atoms. The van der Waals surface area contributed by atoms with Gasteiger partial charge in [0.1, 0.15) is 5.41 Å². The predicted molar refractivity (Wildman–Crippen MR) is 70.9 cm³/mol. The van der Waals surface area contributed by atoms with Gasteiger partial charge >= 0.3 is 0 Å². The highest BCUT2D eigenvalue weighted by atomic mass is 16.5. The highest BCUT2D eigenvalue weighted by molar-refractivity contribution is 6.06. The fraction of sp³-hybridized carbons (Fsp3) is 0.846. The average molecular weight is 269 g/mol. The van der Waals surface area contributed by atoms with Crippen molar-refractivity contribution in [3.05, 3.63) is 0 Å². The van der Waals surface area contributed by atoms with E-state index in [0.29, 0.717) is 12.8 Å². The molecule has 2 aliphatic heterocycles. The Labute approximate surface area is 113 Å². The Hall–Kier alpha value is -1.30. The van der Waals surface area contributed by atoms with E-state index < -0.39 is 5.41 Å². The summed E-state index contributed by atoms with van der Waals surface area (Å²) >= 11 is 0. The van der Waals surface area contributed by atoms with Crippen LogP contribution in [0.1, 0.15) is 46.0 Å². The van der Waals surface area contributed by atoms with Gasteiger partial charge in [-0.2, -0.15) is 0 Å². The number of oxime groups is 1. The van der Waals surface area contributed by atoms with Crippen molar-refractivity contribution in [3.8, 4) is 0 Å². The third kappa shape index (κ3) is 2.29. The number of amides is 1. The molecule has 0 radical (unpaired) electrons. The molecule has 0 aromatic carbocycles. The minimum Gasteiger partial charge on any atom is -0.409 e. The van der Waals surface area contributed by atoms with E-state index >= 15 is 0 Å². The van der Waals surface area contributed by atoms with Crippen LogP contribution < -0.4 is 11.1 Å². The van der Waals surface area contributed by atoms with E-state index in [1.807, 2.05) is 13.8 Å². The Morgan fingerprint density at radius 1 is 1.47 bits per heavy atom. The van der Waals surface area contributed by atoms with E-state index in [-0.39, 0.29) is 30.0 Å². The lowest BCUT2D eigenvalue weighted by atomic mass is 9.79. The molecule has 2 bridgehead atoms. The van der Waals surface area contributed by atoms with Crippen LogP contribution in [0, 0.1) is 5.41 Å². The summed E-state index contributed by atoms with van der Waals surface area (Å²) in [5.41, 5.74) is 4.81. The van der Waals surface area contributed by atoms with Crippen LogP contribution in [0.15, 0.2) is 5.16 Å². The van der Waals surface area contributed by atoms with Crippen LogP contribution in [0.4, 0.5) is 0 Å². The average Bonchev–Trinajstić information content (AvgIpc) is 3.02. The first-order chi connectivity index (χ1) is 9.07. The number of amidine groups is 1. The van der Waals surface area contributed by atoms with Gasteiger partial charge in [-0.25, -0.2) is 0 Å². The number of nitrogens with two attached hydrogens (primary N) is 1. The highest BCUT2D eigenvalue weighted by Crippen LogP contribution is 2.35. The van der Waals surface area contributed by atoms with Gasteiger partial charge in [0.25, 0.3) is 0 Å². The molecule has 6 nitrogen and oxygen atoms in total. The molecule has 3 atom stereocenters. The molecule has 0 saturated carbocycles. The summed E-state index contributed by atoms with van der Waals surface area (Å²) < 4.78 is 5.73. The molecule has 2 saturated heterocycles. The summed E-state index contributed by atoms with van der Waals surface area (Å²) in [7, 11) is 0. The quantitative estimate of drug-likeness (QED) is 0.300. The molecule has 0 spiro atoms. The van der Waals surface area contributed by atoms with Crippen molar-refractivity contribution in [2.24, 2.45) is 16.3 Å². The summed E-state index contributed by atoms with van der Waals surface area (Å²) in [6.45, 7) is 3.75. The number of fused-ring (bicyclic) bond motifs is 2. The van der Waals surface area contributed by atoms with E-state index in [4.69, 9.17) is 15.7 Å². The van der Waals surface area contributed by atoms with Crippen molar-refractivity contribution < 1.29 is 14.7 Å². The van der Waals surface area contributed by atoms with Crippen LogP contribution in [-0.4, -0.2) is 35.2 Å². The van der Waals surface area contributed by atoms with Crippen molar-refractivity contribution in [1.29, 1.82) is 0 Å². The van der Waals surface area contributed by atoms with E-state index in [9.17, 15) is 4.79 Å². The third-order valence-corrected chi connectivity index (χ3v) is 4.66. The SMILES string of the molecule is CCC(CC)(C(=O)NC1CC2CCC1O2)C(N)=NO. The van der Waals surface area contributed by atoms with Crippen molar-refractivity contribution in [2.75, 3.05) is 0 Å². The van der Waals surface area contributed by atoms with E-state index in [1.54, 1.807) is 0 Å². The molecular weight excluding hydrogens is 246 g/mol. The number of rotatable bonds is 5. The molecule has 0 aliphatic carbocycles. The molecule has 2 heterocycles. The summed E-state index contributed by atoms with van der Waals surface area (Å²) in [6, 6.07) is 0.0650. The summed E-state index contributed by atoms with van der Waals surface area (Å²) in [5.74, 6) is -0.173. The number of carbonyl (C=O) groups excluding carboxylic acids is 1. The molecule has 108 valence electrons. The van der Waals surface area contributed by atoms with E-state index in [1.165, 1.54) is 0 Å². The normalized spacial score (nSPS) is 30.6. The molecular formula is C13H23N3O3. The van der Waals surface area contributed by atoms with Gasteiger partial charge < -0.3 is 21.0 Å². The zero-order valence-corrected chi connectivity index (χ0v) is 11.6. The Kier molecular flexibility index (Phi) is 3.99. The zero-order chi connectivity index (χ0) is 14.0. The maximum absolute atomic E-state index is 12.5. The molecule has 6 heteroatoms. The lowest BCUT2D eigenvalue weighted by Gasteiger charge is -2.31. The van der Waals surface area contributed by atoms with Crippen LogP contribution >= 0.6 is 0 Å². The van der Waals surface area contributed by atoms with Gasteiger partial charge in [-0.05, 0) is 32.1 Å². The van der Waals surface area contributed by atoms with Gasteiger partial charge in [0, 0.05) is 0 Å². The maximum atomic E-state index is 12.5. The van der Waals surface area contributed by atoms with Crippen molar-refractivity contribution in [1.82, 2.24) is 5.32 Å². The standard InChI is InChI=1S/C13H23N3O3/c1-3-13(4-2,11(14)16-18)12(17)15-9-7-8-5-6-10(9)19-8/h8-10,18H,3-7H2,1-2H3,(H2,14,16)(H,15,17). The lowest BCUT2D eigenvalue weighted by Crippen LogP contribution is -2.53. The number of nitrogens with zero attached hydrogens (tertiary/aromatic N) is 1. The van der Waals surface area contributed by atoms with Gasteiger partial charge in [-0.15, -0.1) is 0 Å². The van der Waals surface area contributed by atoms with Gasteiger partial charge in [0.05, 0.1) is 18.2 Å². The van der Waals surface area contributed by atoms with Crippen molar-refractivity contribution in [2.45, 2.75) is 64.2 Å². The molecule has 2 rings (SSSR count). The first-order valence-electron chi connectivity index (χ1n) is 7.01. The topological polar surface area (TPSA) is 96.9 Å². The fourth-order valence-electron chi connectivity index (χ4n) is 3.24. The number of hydrogen-bond donors (Lipinski definition) is 3. The number of ether oxygens (including phenoxy) is 1. The monoisotopic (exact) mass is 269 g/mol. The molecule has 1 amide bonds. The van der Waals surface area contributed by atoms with Crippen molar-refractivity contribution >= 4 is 11.7 Å². The molecule has 3 unspecified atom stereocenters. The van der Waals surface area contributed by atoms with Crippen LogP contribution in [0.5, 0.6) is 0 Å². The first-order valence-corrected chi connectivity index (χ1v) is 7.01. The van der Waals surface area contributed by atoms with E-state index in [2.05, 4.69) is 10.5 Å². The summed E-state index contributed by atoms with van der Waals surface area (Å²) in [5, 5.41) is 15.0. The number of hydrogen-bond acceptors (Lipinski definition) is 4. The maximum Gasteiger partial charge on any atom is 0.234 e. The Bertz CT molecular complexity index is 379. The molecule has 0 aromatic heterocycles. The Morgan fingerprint density at radius 3 is 2.58 bits per heavy atom. The predicted octanol–water partition coefficient (Wildman–Crippen LogP) is 0.975. The molecule has 0 aromatic rings. The third-order valence-electron chi connectivity index (χ3n) is 4.66. The summed E-state index contributed by atoms with van der Waals surface area (Å²) in [6.07, 6.45) is 4.40. The van der Waals surface area contributed by atoms with Crippen LogP contribution in [-0.2, 0) is 9.53 Å². The Balaban J connectivity index is 2.08. The number of carbonyl (C=O) groups is 1. The van der Waals surface area contributed by atoms with Gasteiger partial charge in [0.2, 0.25) is 5.91 Å². The van der Waals surface area contributed by atoms with Crippen LogP contribution in [0.3, 0.4) is 0 Å². The first kappa shape index (κ1) is 14.1. The smallest absolute Gasteiger partial charge is 0.234 e. The second-order valence-electron chi connectivity index (χ2n) is 5.46. The fourth-order valence-corrected chi connectivity index (χ4v) is 3.24. The molecule has 4 N–H and O–H groups in total. The second kappa shape index (κ2) is 5.36. The Morgan fingerprint density at radius 2 is 2.16 bits per heavy atom. The minimum atomic E-state index is -0.920. The largest absolute Gasteiger partial charge is 0.409 e. The van der Waals surface area contributed by atoms with Gasteiger partial charge in [0.15, 0.2) is 5.84 Å². The zero-order valence-electron chi connectivity index (χ0n) is 11.6. The molecule has 2 aliphatic rings. The molecule has 2 fully saturated rings. The van der Waals surface area contributed by atoms with E-state index in [0.717, 1.165) is 19.3 Å². The van der Waals surface area contributed by atoms with Crippen LogP contribution in [0.25, 0.3) is 0 Å².